The number of hydrogen-bond donors (Lipinski definition) is 1. The van der Waals surface area contributed by atoms with E-state index in [1.807, 2.05) is 25.1 Å². The van der Waals surface area contributed by atoms with Crippen LogP contribution in [0.3, 0.4) is 0 Å². The highest BCUT2D eigenvalue weighted by Crippen LogP contribution is 2.29. The summed E-state index contributed by atoms with van der Waals surface area (Å²) in [5, 5.41) is 9.88. The lowest BCUT2D eigenvalue weighted by atomic mass is 10.1. The number of rotatable bonds is 9. The zero-order chi connectivity index (χ0) is 24.1. The molecule has 0 aromatic heterocycles. The summed E-state index contributed by atoms with van der Waals surface area (Å²) in [6.45, 7) is 7.64. The van der Waals surface area contributed by atoms with Gasteiger partial charge in [0.1, 0.15) is 18.1 Å². The van der Waals surface area contributed by atoms with Crippen LogP contribution in [0.5, 0.6) is 11.5 Å². The van der Waals surface area contributed by atoms with Gasteiger partial charge in [0, 0.05) is 6.54 Å². The summed E-state index contributed by atoms with van der Waals surface area (Å²) in [7, 11) is -3.81. The smallest absolute Gasteiger partial charge is 0.264 e. The van der Waals surface area contributed by atoms with Gasteiger partial charge in [-0.2, -0.15) is 0 Å². The molecule has 0 bridgehead atoms. The molecule has 1 aliphatic rings. The first-order valence-electron chi connectivity index (χ1n) is 11.7. The number of aryl methyl sites for hydroxylation is 2. The molecule has 4 rings (SSSR count). The van der Waals surface area contributed by atoms with Gasteiger partial charge in [0.05, 0.1) is 17.1 Å². The van der Waals surface area contributed by atoms with Gasteiger partial charge in [-0.05, 0) is 93.4 Å². The minimum Gasteiger partial charge on any atom is -0.508 e. The Kier molecular flexibility index (Phi) is 7.44. The van der Waals surface area contributed by atoms with Gasteiger partial charge in [-0.1, -0.05) is 29.8 Å². The zero-order valence-corrected chi connectivity index (χ0v) is 20.6. The maximum atomic E-state index is 13.6. The third kappa shape index (κ3) is 5.72. The molecule has 0 saturated carbocycles. The molecule has 1 N–H and O–H groups in total. The van der Waals surface area contributed by atoms with Crippen LogP contribution in [-0.2, 0) is 16.6 Å². The molecule has 0 aliphatic carbocycles. The van der Waals surface area contributed by atoms with E-state index in [0.29, 0.717) is 17.9 Å². The Morgan fingerprint density at radius 3 is 2.26 bits per heavy atom. The molecule has 0 unspecified atom stereocenters. The van der Waals surface area contributed by atoms with Crippen LogP contribution in [0.15, 0.2) is 71.6 Å². The van der Waals surface area contributed by atoms with Crippen molar-refractivity contribution in [1.82, 2.24) is 4.90 Å². The predicted octanol–water partition coefficient (Wildman–Crippen LogP) is 4.88. The first-order chi connectivity index (χ1) is 16.3. The SMILES string of the molecule is Cc1ccc(S(=O)(=O)N(Cc2ccc(O)c(C)c2)c2ccc(OCCN3CCCC3)cc2)cc1. The molecule has 0 atom stereocenters. The van der Waals surface area contributed by atoms with Crippen LogP contribution in [0.25, 0.3) is 0 Å². The minimum atomic E-state index is -3.81. The summed E-state index contributed by atoms with van der Waals surface area (Å²) in [5.74, 6) is 0.906. The number of nitrogens with zero attached hydrogens (tertiary/aromatic N) is 2. The van der Waals surface area contributed by atoms with E-state index in [2.05, 4.69) is 4.90 Å². The second-order valence-electron chi connectivity index (χ2n) is 8.84. The molecule has 7 heteroatoms. The quantitative estimate of drug-likeness (QED) is 0.473. The van der Waals surface area contributed by atoms with Crippen LogP contribution >= 0.6 is 0 Å². The van der Waals surface area contributed by atoms with E-state index < -0.39 is 10.0 Å². The Morgan fingerprint density at radius 2 is 1.62 bits per heavy atom. The lowest BCUT2D eigenvalue weighted by Crippen LogP contribution is -2.30. The number of ether oxygens (including phenoxy) is 1. The van der Waals surface area contributed by atoms with Gasteiger partial charge >= 0.3 is 0 Å². The number of hydrogen-bond acceptors (Lipinski definition) is 5. The zero-order valence-electron chi connectivity index (χ0n) is 19.8. The highest BCUT2D eigenvalue weighted by molar-refractivity contribution is 7.92. The van der Waals surface area contributed by atoms with Crippen LogP contribution in [-0.4, -0.2) is 44.7 Å². The topological polar surface area (TPSA) is 70.1 Å². The summed E-state index contributed by atoms with van der Waals surface area (Å²) in [6.07, 6.45) is 2.50. The molecule has 0 radical (unpaired) electrons. The van der Waals surface area contributed by atoms with Crippen molar-refractivity contribution in [3.63, 3.8) is 0 Å². The Balaban J connectivity index is 1.57. The first kappa shape index (κ1) is 24.1. The molecule has 1 heterocycles. The molecule has 6 nitrogen and oxygen atoms in total. The van der Waals surface area contributed by atoms with Crippen molar-refractivity contribution in [2.24, 2.45) is 0 Å². The Morgan fingerprint density at radius 1 is 0.941 bits per heavy atom. The van der Waals surface area contributed by atoms with Gasteiger partial charge in [-0.25, -0.2) is 8.42 Å². The number of benzene rings is 3. The second-order valence-corrected chi connectivity index (χ2v) is 10.7. The number of anilines is 1. The van der Waals surface area contributed by atoms with Crippen LogP contribution in [0, 0.1) is 13.8 Å². The van der Waals surface area contributed by atoms with Gasteiger partial charge in [-0.15, -0.1) is 0 Å². The Bertz CT molecular complexity index is 1200. The van der Waals surface area contributed by atoms with Gasteiger partial charge in [0.15, 0.2) is 0 Å². The Hall–Kier alpha value is -3.03. The first-order valence-corrected chi connectivity index (χ1v) is 13.1. The van der Waals surface area contributed by atoms with E-state index in [0.717, 1.165) is 36.5 Å². The fourth-order valence-corrected chi connectivity index (χ4v) is 5.59. The van der Waals surface area contributed by atoms with Crippen LogP contribution in [0.2, 0.25) is 0 Å². The van der Waals surface area contributed by atoms with E-state index >= 15 is 0 Å². The summed E-state index contributed by atoms with van der Waals surface area (Å²) < 4.78 is 34.6. The third-order valence-electron chi connectivity index (χ3n) is 6.20. The van der Waals surface area contributed by atoms with E-state index in [9.17, 15) is 13.5 Å². The van der Waals surface area contributed by atoms with Crippen molar-refractivity contribution in [2.75, 3.05) is 30.5 Å². The molecule has 3 aromatic carbocycles. The summed E-state index contributed by atoms with van der Waals surface area (Å²) >= 11 is 0. The molecular formula is C27H32N2O4S. The largest absolute Gasteiger partial charge is 0.508 e. The lowest BCUT2D eigenvalue weighted by Gasteiger charge is -2.25. The molecule has 180 valence electrons. The van der Waals surface area contributed by atoms with Gasteiger partial charge in [-0.3, -0.25) is 9.21 Å². The van der Waals surface area contributed by atoms with Crippen LogP contribution in [0.4, 0.5) is 5.69 Å². The summed E-state index contributed by atoms with van der Waals surface area (Å²) in [5.41, 5.74) is 3.04. The van der Waals surface area contributed by atoms with Crippen LogP contribution < -0.4 is 9.04 Å². The number of phenols is 1. The second kappa shape index (κ2) is 10.5. The fraction of sp³-hybridized carbons (Fsp3) is 0.333. The van der Waals surface area contributed by atoms with Crippen molar-refractivity contribution >= 4 is 15.7 Å². The van der Waals surface area contributed by atoms with Gasteiger partial charge < -0.3 is 9.84 Å². The number of phenolic OH excluding ortho intramolecular Hbond substituents is 1. The summed E-state index contributed by atoms with van der Waals surface area (Å²) in [4.78, 5) is 2.63. The molecule has 1 aliphatic heterocycles. The van der Waals surface area contributed by atoms with Crippen molar-refractivity contribution in [2.45, 2.75) is 38.1 Å². The monoisotopic (exact) mass is 480 g/mol. The molecule has 0 amide bonds. The van der Waals surface area contributed by atoms with E-state index in [-0.39, 0.29) is 17.2 Å². The lowest BCUT2D eigenvalue weighted by molar-refractivity contribution is 0.238. The van der Waals surface area contributed by atoms with Crippen molar-refractivity contribution in [3.05, 3.63) is 83.4 Å². The molecule has 0 spiro atoms. The number of sulfonamides is 1. The highest BCUT2D eigenvalue weighted by Gasteiger charge is 2.25. The average Bonchev–Trinajstić information content (AvgIpc) is 3.34. The fourth-order valence-electron chi connectivity index (χ4n) is 4.14. The standard InChI is InChI=1S/C27H32N2O4S/c1-21-5-12-26(13-6-21)34(31,32)29(20-23-7-14-27(30)22(2)19-23)24-8-10-25(11-9-24)33-18-17-28-15-3-4-16-28/h5-14,19,30H,3-4,15-18,20H2,1-2H3. The highest BCUT2D eigenvalue weighted by atomic mass is 32.2. The summed E-state index contributed by atoms with van der Waals surface area (Å²) in [6, 6.07) is 19.2. The van der Waals surface area contributed by atoms with Gasteiger partial charge in [0.25, 0.3) is 10.0 Å². The average molecular weight is 481 g/mol. The third-order valence-corrected chi connectivity index (χ3v) is 7.98. The van der Waals surface area contributed by atoms with Crippen molar-refractivity contribution < 1.29 is 18.3 Å². The minimum absolute atomic E-state index is 0.145. The van der Waals surface area contributed by atoms with Crippen molar-refractivity contribution in [1.29, 1.82) is 0 Å². The Labute approximate surface area is 202 Å². The maximum Gasteiger partial charge on any atom is 0.264 e. The van der Waals surface area contributed by atoms with E-state index in [1.54, 1.807) is 55.5 Å². The van der Waals surface area contributed by atoms with Gasteiger partial charge in [0.2, 0.25) is 0 Å². The number of likely N-dealkylation sites (tertiary alicyclic amines) is 1. The molecular weight excluding hydrogens is 448 g/mol. The van der Waals surface area contributed by atoms with E-state index in [4.69, 9.17) is 4.74 Å². The predicted molar refractivity (Wildman–Crippen MR) is 135 cm³/mol. The molecule has 3 aromatic rings. The van der Waals surface area contributed by atoms with Crippen molar-refractivity contribution in [3.8, 4) is 11.5 Å². The molecule has 1 fully saturated rings. The van der Waals surface area contributed by atoms with E-state index in [1.165, 1.54) is 17.1 Å². The normalized spacial score (nSPS) is 14.3. The number of aromatic hydroxyl groups is 1. The molecule has 34 heavy (non-hydrogen) atoms. The molecule has 1 saturated heterocycles. The van der Waals surface area contributed by atoms with Crippen LogP contribution in [0.1, 0.15) is 29.5 Å². The maximum absolute atomic E-state index is 13.6.